The van der Waals surface area contributed by atoms with Crippen molar-refractivity contribution < 1.29 is 0 Å². The second-order valence-corrected chi connectivity index (χ2v) is 4.31. The third-order valence-electron chi connectivity index (χ3n) is 2.10. The Labute approximate surface area is 89.8 Å². The molecule has 2 rings (SSSR count). The van der Waals surface area contributed by atoms with E-state index in [4.69, 9.17) is 0 Å². The zero-order chi connectivity index (χ0) is 10.8. The van der Waals surface area contributed by atoms with Crippen molar-refractivity contribution in [3.63, 3.8) is 0 Å². The first-order valence-electron chi connectivity index (χ1n) is 4.49. The molecule has 2 aromatic heterocycles. The van der Waals surface area contributed by atoms with Crippen LogP contribution in [-0.2, 0) is 6.54 Å². The molecule has 0 aliphatic rings. The van der Waals surface area contributed by atoms with Crippen LogP contribution in [0.15, 0.2) is 33.3 Å². The average molecular weight is 222 g/mol. The molecule has 78 valence electrons. The second kappa shape index (κ2) is 3.86. The molecule has 0 amide bonds. The molecule has 0 aromatic carbocycles. The third kappa shape index (κ3) is 2.07. The largest absolute Gasteiger partial charge is 0.328 e. The van der Waals surface area contributed by atoms with Gasteiger partial charge < -0.3 is 0 Å². The molecule has 0 aliphatic carbocycles. The smallest absolute Gasteiger partial charge is 0.295 e. The molecule has 0 bridgehead atoms. The van der Waals surface area contributed by atoms with Crippen molar-refractivity contribution in [3.05, 3.63) is 55.0 Å². The van der Waals surface area contributed by atoms with Crippen molar-refractivity contribution in [1.29, 1.82) is 0 Å². The summed E-state index contributed by atoms with van der Waals surface area (Å²) in [5, 5.41) is 1.96. The van der Waals surface area contributed by atoms with Crippen LogP contribution in [0.25, 0.3) is 0 Å². The van der Waals surface area contributed by atoms with Gasteiger partial charge in [-0.2, -0.15) is 0 Å². The molecular weight excluding hydrogens is 212 g/mol. The third-order valence-corrected chi connectivity index (χ3v) is 2.96. The Morgan fingerprint density at radius 3 is 2.93 bits per heavy atom. The molecule has 2 aromatic rings. The lowest BCUT2D eigenvalue weighted by atomic mass is 10.4. The van der Waals surface area contributed by atoms with Crippen LogP contribution < -0.4 is 11.2 Å². The summed E-state index contributed by atoms with van der Waals surface area (Å²) in [7, 11) is 0. The number of nitrogens with one attached hydrogen (secondary N) is 1. The van der Waals surface area contributed by atoms with Crippen molar-refractivity contribution >= 4 is 11.3 Å². The Morgan fingerprint density at radius 1 is 1.47 bits per heavy atom. The highest BCUT2D eigenvalue weighted by molar-refractivity contribution is 7.09. The predicted octanol–water partition coefficient (Wildman–Crippen LogP) is 0.955. The number of H-pyrrole nitrogens is 1. The van der Waals surface area contributed by atoms with Crippen molar-refractivity contribution in [3.8, 4) is 0 Å². The van der Waals surface area contributed by atoms with Crippen LogP contribution >= 0.6 is 11.3 Å². The Hall–Kier alpha value is -1.62. The molecule has 0 spiro atoms. The first-order valence-corrected chi connectivity index (χ1v) is 5.37. The van der Waals surface area contributed by atoms with Gasteiger partial charge in [-0.25, -0.2) is 4.79 Å². The summed E-state index contributed by atoms with van der Waals surface area (Å²) in [4.78, 5) is 25.9. The Balaban J connectivity index is 2.42. The van der Waals surface area contributed by atoms with E-state index in [1.165, 1.54) is 4.57 Å². The lowest BCUT2D eigenvalue weighted by Crippen LogP contribution is -2.30. The fourth-order valence-corrected chi connectivity index (χ4v) is 2.01. The highest BCUT2D eigenvalue weighted by atomic mass is 32.1. The number of thiophene rings is 1. The summed E-state index contributed by atoms with van der Waals surface area (Å²) < 4.78 is 1.50. The Morgan fingerprint density at radius 2 is 2.27 bits per heavy atom. The highest BCUT2D eigenvalue weighted by Crippen LogP contribution is 2.08. The van der Waals surface area contributed by atoms with E-state index in [1.54, 1.807) is 24.5 Å². The van der Waals surface area contributed by atoms with E-state index < -0.39 is 0 Å². The maximum atomic E-state index is 11.4. The zero-order valence-electron chi connectivity index (χ0n) is 8.19. The minimum absolute atomic E-state index is 0.317. The molecule has 0 fully saturated rings. The average Bonchev–Trinajstić information content (AvgIpc) is 2.67. The molecule has 0 saturated carbocycles. The quantitative estimate of drug-likeness (QED) is 0.822. The lowest BCUT2D eigenvalue weighted by molar-refractivity contribution is 0.721. The van der Waals surface area contributed by atoms with E-state index in [0.29, 0.717) is 12.1 Å². The molecule has 15 heavy (non-hydrogen) atoms. The molecule has 0 radical (unpaired) electrons. The number of aromatic amines is 1. The van der Waals surface area contributed by atoms with Crippen molar-refractivity contribution in [1.82, 2.24) is 9.55 Å². The van der Waals surface area contributed by atoms with Crippen LogP contribution in [0.2, 0.25) is 0 Å². The van der Waals surface area contributed by atoms with Gasteiger partial charge in [0.2, 0.25) is 0 Å². The van der Waals surface area contributed by atoms with Gasteiger partial charge in [0.1, 0.15) is 0 Å². The van der Waals surface area contributed by atoms with Gasteiger partial charge in [-0.05, 0) is 18.4 Å². The van der Waals surface area contributed by atoms with Gasteiger partial charge in [0, 0.05) is 16.6 Å². The standard InChI is InChI=1S/C10H10N2O2S/c1-7-5-12(10(14)11-9(7)13)6-8-3-2-4-15-8/h2-5H,6H2,1H3,(H,11,13,14). The lowest BCUT2D eigenvalue weighted by Gasteiger charge is -2.03. The first-order chi connectivity index (χ1) is 7.16. The summed E-state index contributed by atoms with van der Waals surface area (Å²) in [5.74, 6) is 0. The number of nitrogens with zero attached hydrogens (tertiary/aromatic N) is 1. The second-order valence-electron chi connectivity index (χ2n) is 3.28. The van der Waals surface area contributed by atoms with Crippen LogP contribution in [0.5, 0.6) is 0 Å². The van der Waals surface area contributed by atoms with Gasteiger partial charge in [0.05, 0.1) is 6.54 Å². The number of hydrogen-bond donors (Lipinski definition) is 1. The van der Waals surface area contributed by atoms with Gasteiger partial charge in [0.25, 0.3) is 5.56 Å². The topological polar surface area (TPSA) is 54.9 Å². The predicted molar refractivity (Wildman–Crippen MR) is 59.5 cm³/mol. The van der Waals surface area contributed by atoms with E-state index in [9.17, 15) is 9.59 Å². The minimum atomic E-state index is -0.362. The molecular formula is C10H10N2O2S. The fourth-order valence-electron chi connectivity index (χ4n) is 1.31. The van der Waals surface area contributed by atoms with Crippen molar-refractivity contribution in [2.24, 2.45) is 0 Å². The highest BCUT2D eigenvalue weighted by Gasteiger charge is 2.01. The molecule has 0 aliphatic heterocycles. The molecule has 0 atom stereocenters. The van der Waals surface area contributed by atoms with Gasteiger partial charge in [0.15, 0.2) is 0 Å². The van der Waals surface area contributed by atoms with E-state index in [-0.39, 0.29) is 11.2 Å². The number of hydrogen-bond acceptors (Lipinski definition) is 3. The van der Waals surface area contributed by atoms with Gasteiger partial charge in [-0.1, -0.05) is 6.07 Å². The van der Waals surface area contributed by atoms with Gasteiger partial charge in [-0.3, -0.25) is 14.3 Å². The monoisotopic (exact) mass is 222 g/mol. The zero-order valence-corrected chi connectivity index (χ0v) is 9.00. The first kappa shape index (κ1) is 9.92. The minimum Gasteiger partial charge on any atom is -0.295 e. The molecule has 0 saturated heterocycles. The van der Waals surface area contributed by atoms with Crippen LogP contribution in [-0.4, -0.2) is 9.55 Å². The Kier molecular flexibility index (Phi) is 2.55. The summed E-state index contributed by atoms with van der Waals surface area (Å²) in [6.07, 6.45) is 1.58. The summed E-state index contributed by atoms with van der Waals surface area (Å²) in [5.41, 5.74) is -0.132. The SMILES string of the molecule is Cc1cn(Cc2cccs2)c(=O)[nH]c1=O. The summed E-state index contributed by atoms with van der Waals surface area (Å²) >= 11 is 1.58. The van der Waals surface area contributed by atoms with Crippen molar-refractivity contribution in [2.45, 2.75) is 13.5 Å². The molecule has 2 heterocycles. The fraction of sp³-hybridized carbons (Fsp3) is 0.200. The normalized spacial score (nSPS) is 10.5. The van der Waals surface area contributed by atoms with E-state index in [2.05, 4.69) is 4.98 Å². The molecule has 4 nitrogen and oxygen atoms in total. The maximum absolute atomic E-state index is 11.4. The van der Waals surface area contributed by atoms with E-state index in [1.807, 2.05) is 17.5 Å². The van der Waals surface area contributed by atoms with Crippen LogP contribution in [0.4, 0.5) is 0 Å². The summed E-state index contributed by atoms with van der Waals surface area (Å²) in [6.45, 7) is 2.19. The van der Waals surface area contributed by atoms with Crippen LogP contribution in [0.1, 0.15) is 10.4 Å². The number of aromatic nitrogens is 2. The maximum Gasteiger partial charge on any atom is 0.328 e. The van der Waals surface area contributed by atoms with Gasteiger partial charge in [-0.15, -0.1) is 11.3 Å². The number of rotatable bonds is 2. The molecule has 0 unspecified atom stereocenters. The van der Waals surface area contributed by atoms with E-state index >= 15 is 0 Å². The van der Waals surface area contributed by atoms with E-state index in [0.717, 1.165) is 4.88 Å². The Bertz CT molecular complexity index is 566. The summed E-state index contributed by atoms with van der Waals surface area (Å²) in [6, 6.07) is 3.89. The number of aryl methyl sites for hydroxylation is 1. The van der Waals surface area contributed by atoms with Crippen molar-refractivity contribution in [2.75, 3.05) is 0 Å². The van der Waals surface area contributed by atoms with Crippen LogP contribution in [0.3, 0.4) is 0 Å². The van der Waals surface area contributed by atoms with Crippen LogP contribution in [0, 0.1) is 6.92 Å². The molecule has 5 heteroatoms. The molecule has 1 N–H and O–H groups in total. The van der Waals surface area contributed by atoms with Gasteiger partial charge >= 0.3 is 5.69 Å².